The lowest BCUT2D eigenvalue weighted by molar-refractivity contribution is -0.124. The van der Waals surface area contributed by atoms with Crippen LogP contribution in [0.25, 0.3) is 0 Å². The Morgan fingerprint density at radius 2 is 1.95 bits per heavy atom. The van der Waals surface area contributed by atoms with Gasteiger partial charge in [0.25, 0.3) is 0 Å². The van der Waals surface area contributed by atoms with Crippen LogP contribution in [0.3, 0.4) is 0 Å². The molecule has 208 valence electrons. The van der Waals surface area contributed by atoms with E-state index in [0.717, 1.165) is 79.8 Å². The van der Waals surface area contributed by atoms with Crippen LogP contribution in [0.2, 0.25) is 0 Å². The fourth-order valence-electron chi connectivity index (χ4n) is 5.84. The molecule has 1 fully saturated rings. The van der Waals surface area contributed by atoms with Crippen LogP contribution in [-0.2, 0) is 16.1 Å². The number of nitrogens with zero attached hydrogens (tertiary/aromatic N) is 2. The van der Waals surface area contributed by atoms with Gasteiger partial charge in [-0.2, -0.15) is 0 Å². The van der Waals surface area contributed by atoms with Crippen molar-refractivity contribution in [3.8, 4) is 0 Å². The van der Waals surface area contributed by atoms with Crippen LogP contribution in [0.1, 0.15) is 84.6 Å². The summed E-state index contributed by atoms with van der Waals surface area (Å²) in [4.78, 5) is 20.5. The summed E-state index contributed by atoms with van der Waals surface area (Å²) in [5, 5.41) is 16.5. The van der Waals surface area contributed by atoms with E-state index in [9.17, 15) is 9.90 Å². The third kappa shape index (κ3) is 7.26. The number of aliphatic hydroxyl groups is 1. The van der Waals surface area contributed by atoms with Crippen LogP contribution < -0.4 is 15.5 Å². The number of aromatic nitrogens is 1. The van der Waals surface area contributed by atoms with Gasteiger partial charge in [-0.1, -0.05) is 19.4 Å². The molecule has 2 atom stereocenters. The number of carbonyl (C=O) groups is 1. The number of aliphatic hydroxyl groups excluding tert-OH is 1. The van der Waals surface area contributed by atoms with Gasteiger partial charge in [-0.15, -0.1) is 0 Å². The minimum atomic E-state index is 0.00104. The van der Waals surface area contributed by atoms with Crippen molar-refractivity contribution in [2.24, 2.45) is 11.8 Å². The zero-order valence-electron chi connectivity index (χ0n) is 23.6. The van der Waals surface area contributed by atoms with Gasteiger partial charge in [-0.3, -0.25) is 4.79 Å². The van der Waals surface area contributed by atoms with Crippen LogP contribution >= 0.6 is 0 Å². The molecule has 2 heterocycles. The smallest absolute Gasteiger partial charge is 0.230 e. The maximum atomic E-state index is 14.0. The van der Waals surface area contributed by atoms with E-state index < -0.39 is 0 Å². The van der Waals surface area contributed by atoms with Crippen molar-refractivity contribution in [3.63, 3.8) is 0 Å². The molecule has 1 aliphatic heterocycles. The van der Waals surface area contributed by atoms with E-state index in [1.54, 1.807) is 6.20 Å². The van der Waals surface area contributed by atoms with Gasteiger partial charge in [0.15, 0.2) is 0 Å². The minimum absolute atomic E-state index is 0.00104. The zero-order chi connectivity index (χ0) is 27.1. The molecule has 0 bridgehead atoms. The fourth-order valence-corrected chi connectivity index (χ4v) is 5.84. The number of fused-ring (bicyclic) bond motifs is 2. The Hall–Kier alpha value is -2.64. The molecule has 0 radical (unpaired) electrons. The van der Waals surface area contributed by atoms with Crippen LogP contribution in [0.5, 0.6) is 0 Å². The van der Waals surface area contributed by atoms with E-state index in [4.69, 9.17) is 4.74 Å². The first-order valence-electron chi connectivity index (χ1n) is 14.6. The number of rotatable bonds is 11. The molecular weight excluding hydrogens is 476 g/mol. The first-order valence-corrected chi connectivity index (χ1v) is 14.6. The van der Waals surface area contributed by atoms with Crippen molar-refractivity contribution in [2.45, 2.75) is 104 Å². The molecule has 1 aliphatic carbocycles. The Bertz CT molecular complexity index is 1050. The lowest BCUT2D eigenvalue weighted by atomic mass is 9.86. The SMILES string of the molecule is CC[C@@H](CCO)CC[C@H](C)Nc1ccc2c(c1)N(C(=O)C1CCC(OC(C)C)CC1)Cc1cccnc1N2. The maximum absolute atomic E-state index is 14.0. The second-order valence-electron chi connectivity index (χ2n) is 11.4. The number of amides is 1. The summed E-state index contributed by atoms with van der Waals surface area (Å²) in [5.74, 6) is 1.55. The van der Waals surface area contributed by atoms with Crippen LogP contribution in [0.15, 0.2) is 36.5 Å². The molecule has 1 aromatic heterocycles. The number of ether oxygens (including phenoxy) is 1. The highest BCUT2D eigenvalue weighted by Crippen LogP contribution is 2.39. The van der Waals surface area contributed by atoms with Gasteiger partial charge < -0.3 is 25.4 Å². The average Bonchev–Trinajstić information content (AvgIpc) is 3.07. The van der Waals surface area contributed by atoms with Gasteiger partial charge in [-0.25, -0.2) is 4.98 Å². The number of hydrogen-bond acceptors (Lipinski definition) is 6. The van der Waals surface area contributed by atoms with Crippen LogP contribution in [0, 0.1) is 11.8 Å². The summed E-state index contributed by atoms with van der Waals surface area (Å²) in [5.41, 5.74) is 3.84. The van der Waals surface area contributed by atoms with Gasteiger partial charge in [0.05, 0.1) is 30.1 Å². The highest BCUT2D eigenvalue weighted by Gasteiger charge is 2.33. The summed E-state index contributed by atoms with van der Waals surface area (Å²) in [7, 11) is 0. The topological polar surface area (TPSA) is 86.7 Å². The Kier molecular flexibility index (Phi) is 10.0. The zero-order valence-corrected chi connectivity index (χ0v) is 23.6. The monoisotopic (exact) mass is 522 g/mol. The third-order valence-electron chi connectivity index (χ3n) is 8.05. The molecule has 0 unspecified atom stereocenters. The molecule has 4 rings (SSSR count). The van der Waals surface area contributed by atoms with E-state index in [-0.39, 0.29) is 30.6 Å². The summed E-state index contributed by atoms with van der Waals surface area (Å²) in [6.07, 6.45) is 9.92. The molecule has 2 aliphatic rings. The van der Waals surface area contributed by atoms with Crippen molar-refractivity contribution in [3.05, 3.63) is 42.1 Å². The normalized spacial score (nSPS) is 20.6. The summed E-state index contributed by atoms with van der Waals surface area (Å²) in [6, 6.07) is 10.5. The fraction of sp³-hybridized carbons (Fsp3) is 0.613. The Morgan fingerprint density at radius 1 is 1.16 bits per heavy atom. The van der Waals surface area contributed by atoms with Gasteiger partial charge in [0, 0.05) is 36.0 Å². The van der Waals surface area contributed by atoms with E-state index in [1.807, 2.05) is 17.0 Å². The molecule has 3 N–H and O–H groups in total. The van der Waals surface area contributed by atoms with Crippen molar-refractivity contribution in [1.82, 2.24) is 4.98 Å². The number of benzene rings is 1. The lowest BCUT2D eigenvalue weighted by Crippen LogP contribution is -2.38. The summed E-state index contributed by atoms with van der Waals surface area (Å²) in [6.45, 7) is 9.31. The van der Waals surface area contributed by atoms with E-state index in [1.165, 1.54) is 0 Å². The quantitative estimate of drug-likeness (QED) is 0.306. The predicted molar refractivity (Wildman–Crippen MR) is 155 cm³/mol. The Morgan fingerprint density at radius 3 is 2.66 bits per heavy atom. The van der Waals surface area contributed by atoms with Crippen molar-refractivity contribution in [2.75, 3.05) is 22.1 Å². The second-order valence-corrected chi connectivity index (χ2v) is 11.4. The van der Waals surface area contributed by atoms with Crippen molar-refractivity contribution >= 4 is 28.8 Å². The number of nitrogens with one attached hydrogen (secondary N) is 2. The minimum Gasteiger partial charge on any atom is -0.396 e. The average molecular weight is 523 g/mol. The highest BCUT2D eigenvalue weighted by atomic mass is 16.5. The molecule has 7 heteroatoms. The summed E-state index contributed by atoms with van der Waals surface area (Å²) < 4.78 is 6.03. The predicted octanol–water partition coefficient (Wildman–Crippen LogP) is 6.64. The highest BCUT2D eigenvalue weighted by molar-refractivity contribution is 6.00. The van der Waals surface area contributed by atoms with Crippen molar-refractivity contribution < 1.29 is 14.6 Å². The molecule has 7 nitrogen and oxygen atoms in total. The molecule has 38 heavy (non-hydrogen) atoms. The molecule has 1 amide bonds. The largest absolute Gasteiger partial charge is 0.396 e. The first-order chi connectivity index (χ1) is 18.4. The van der Waals surface area contributed by atoms with Gasteiger partial charge in [-0.05, 0) is 95.9 Å². The third-order valence-corrected chi connectivity index (χ3v) is 8.05. The molecule has 1 aromatic carbocycles. The first kappa shape index (κ1) is 28.4. The standard InChI is InChI=1S/C31H46N4O3/c1-5-23(16-18-36)9-8-22(4)33-26-12-15-28-29(19-26)35(20-25-7-6-17-32-30(25)34-28)31(37)24-10-13-27(14-11-24)38-21(2)3/h6-7,12,15,17,19,21-24,27,33,36H,5,8-11,13-14,16,18,20H2,1-4H3,(H,32,34)/t22-,23+,24?,27?/m0/s1. The van der Waals surface area contributed by atoms with E-state index >= 15 is 0 Å². The number of hydrogen-bond donors (Lipinski definition) is 3. The number of carbonyl (C=O) groups excluding carboxylic acids is 1. The van der Waals surface area contributed by atoms with E-state index in [0.29, 0.717) is 18.5 Å². The van der Waals surface area contributed by atoms with Crippen LogP contribution in [-0.4, -0.2) is 40.9 Å². The second kappa shape index (κ2) is 13.4. The van der Waals surface area contributed by atoms with Gasteiger partial charge in [0.1, 0.15) is 5.82 Å². The Labute approximate surface area is 228 Å². The maximum Gasteiger partial charge on any atom is 0.230 e. The molecular formula is C31H46N4O3. The van der Waals surface area contributed by atoms with Crippen LogP contribution in [0.4, 0.5) is 22.9 Å². The Balaban J connectivity index is 1.52. The summed E-state index contributed by atoms with van der Waals surface area (Å²) >= 11 is 0. The number of anilines is 4. The molecule has 1 saturated carbocycles. The molecule has 0 spiro atoms. The lowest BCUT2D eigenvalue weighted by Gasteiger charge is -2.33. The molecule has 0 saturated heterocycles. The molecule has 2 aromatic rings. The van der Waals surface area contributed by atoms with Crippen molar-refractivity contribution in [1.29, 1.82) is 0 Å². The van der Waals surface area contributed by atoms with E-state index in [2.05, 4.69) is 61.5 Å². The van der Waals surface area contributed by atoms with Gasteiger partial charge >= 0.3 is 0 Å². The van der Waals surface area contributed by atoms with Gasteiger partial charge in [0.2, 0.25) is 5.91 Å². The number of pyridine rings is 1.